The van der Waals surface area contributed by atoms with Gasteiger partial charge < -0.3 is 10.6 Å². The number of hydrogen-bond donors (Lipinski definition) is 1. The molecule has 0 aromatic carbocycles. The Bertz CT molecular complexity index is 231. The number of hydrogen-bond acceptors (Lipinski definition) is 3. The minimum Gasteiger partial charge on any atom is -0.329 e. The Labute approximate surface area is 93.6 Å². The van der Waals surface area contributed by atoms with Crippen molar-refractivity contribution in [2.75, 3.05) is 33.2 Å². The van der Waals surface area contributed by atoms with Gasteiger partial charge >= 0.3 is 0 Å². The van der Waals surface area contributed by atoms with Gasteiger partial charge in [0.05, 0.1) is 0 Å². The first-order chi connectivity index (χ1) is 7.07. The Hall–Kier alpha value is -0.120. The maximum Gasteiger partial charge on any atom is 0.0473 e. The van der Waals surface area contributed by atoms with Crippen LogP contribution in [0.3, 0.4) is 0 Å². The molecule has 2 aliphatic rings. The molecule has 3 heteroatoms. The van der Waals surface area contributed by atoms with Crippen LogP contribution in [0.15, 0.2) is 0 Å². The molecule has 2 N–H and O–H groups in total. The molecule has 0 bridgehead atoms. The molecule has 0 aromatic heterocycles. The highest BCUT2D eigenvalue weighted by Gasteiger charge is 2.45. The van der Waals surface area contributed by atoms with Crippen molar-refractivity contribution in [1.29, 1.82) is 0 Å². The second-order valence-electron chi connectivity index (χ2n) is 5.76. The van der Waals surface area contributed by atoms with E-state index < -0.39 is 0 Å². The van der Waals surface area contributed by atoms with Gasteiger partial charge in [-0.15, -0.1) is 0 Å². The molecule has 0 radical (unpaired) electrons. The molecule has 0 saturated carbocycles. The lowest BCUT2D eigenvalue weighted by molar-refractivity contribution is 0.0928. The van der Waals surface area contributed by atoms with E-state index in [0.29, 0.717) is 0 Å². The van der Waals surface area contributed by atoms with E-state index in [1.54, 1.807) is 0 Å². The van der Waals surface area contributed by atoms with Gasteiger partial charge in [-0.25, -0.2) is 0 Å². The number of likely N-dealkylation sites (N-methyl/N-ethyl adjacent to an activating group) is 1. The second kappa shape index (κ2) is 4.04. The molecule has 3 atom stereocenters. The Kier molecular flexibility index (Phi) is 3.06. The van der Waals surface area contributed by atoms with Gasteiger partial charge in [-0.1, -0.05) is 6.92 Å². The van der Waals surface area contributed by atoms with Crippen molar-refractivity contribution < 1.29 is 0 Å². The van der Waals surface area contributed by atoms with Gasteiger partial charge in [0, 0.05) is 31.2 Å². The van der Waals surface area contributed by atoms with E-state index in [1.165, 1.54) is 25.9 Å². The van der Waals surface area contributed by atoms with Crippen LogP contribution in [0.2, 0.25) is 0 Å². The van der Waals surface area contributed by atoms with E-state index >= 15 is 0 Å². The van der Waals surface area contributed by atoms with Gasteiger partial charge in [0.25, 0.3) is 0 Å². The van der Waals surface area contributed by atoms with E-state index in [9.17, 15) is 0 Å². The van der Waals surface area contributed by atoms with Crippen molar-refractivity contribution >= 4 is 0 Å². The molecular formula is C12H25N3. The summed E-state index contributed by atoms with van der Waals surface area (Å²) in [6.07, 6.45) is 2.59. The fourth-order valence-electron chi connectivity index (χ4n) is 3.54. The highest BCUT2D eigenvalue weighted by Crippen LogP contribution is 2.35. The van der Waals surface area contributed by atoms with Crippen molar-refractivity contribution in [2.45, 2.75) is 38.3 Å². The molecule has 2 aliphatic heterocycles. The molecule has 15 heavy (non-hydrogen) atoms. The number of nitrogens with two attached hydrogens (primary N) is 1. The molecule has 2 fully saturated rings. The van der Waals surface area contributed by atoms with Gasteiger partial charge in [0.15, 0.2) is 0 Å². The zero-order valence-electron chi connectivity index (χ0n) is 10.4. The summed E-state index contributed by atoms with van der Waals surface area (Å²) < 4.78 is 0. The van der Waals surface area contributed by atoms with Gasteiger partial charge in [-0.2, -0.15) is 0 Å². The van der Waals surface area contributed by atoms with Crippen LogP contribution in [-0.2, 0) is 0 Å². The summed E-state index contributed by atoms with van der Waals surface area (Å²) in [6.45, 7) is 9.13. The molecular weight excluding hydrogens is 186 g/mol. The molecule has 2 saturated heterocycles. The maximum atomic E-state index is 6.05. The first kappa shape index (κ1) is 11.4. The van der Waals surface area contributed by atoms with Crippen molar-refractivity contribution in [3.05, 3.63) is 0 Å². The number of likely N-dealkylation sites (tertiary alicyclic amines) is 2. The minimum absolute atomic E-state index is 0.277. The van der Waals surface area contributed by atoms with Crippen molar-refractivity contribution in [2.24, 2.45) is 11.7 Å². The lowest BCUT2D eigenvalue weighted by atomic mass is 9.95. The molecule has 3 unspecified atom stereocenters. The molecule has 0 aromatic rings. The number of rotatable bonds is 2. The Balaban J connectivity index is 2.13. The predicted molar refractivity (Wildman–Crippen MR) is 63.8 cm³/mol. The quantitative estimate of drug-likeness (QED) is 0.731. The molecule has 0 spiro atoms. The molecule has 0 aliphatic carbocycles. The fourth-order valence-corrected chi connectivity index (χ4v) is 3.54. The first-order valence-corrected chi connectivity index (χ1v) is 6.23. The molecule has 0 amide bonds. The van der Waals surface area contributed by atoms with E-state index in [2.05, 4.69) is 30.7 Å². The third-order valence-electron chi connectivity index (χ3n) is 4.30. The summed E-state index contributed by atoms with van der Waals surface area (Å²) in [5.74, 6) is 0.842. The van der Waals surface area contributed by atoms with E-state index in [-0.39, 0.29) is 5.54 Å². The van der Waals surface area contributed by atoms with Gasteiger partial charge in [0.1, 0.15) is 0 Å². The zero-order chi connectivity index (χ0) is 11.1. The molecule has 88 valence electrons. The maximum absolute atomic E-state index is 6.05. The fraction of sp³-hybridized carbons (Fsp3) is 1.00. The largest absolute Gasteiger partial charge is 0.329 e. The van der Waals surface area contributed by atoms with Crippen LogP contribution in [0.5, 0.6) is 0 Å². The predicted octanol–water partition coefficient (Wildman–Crippen LogP) is 0.750. The Morgan fingerprint density at radius 3 is 2.53 bits per heavy atom. The van der Waals surface area contributed by atoms with Crippen LogP contribution in [0.1, 0.15) is 26.7 Å². The SMILES string of the molecule is CC1CC(C)N(C2(CN)CCN(C)C2)C1. The van der Waals surface area contributed by atoms with Crippen LogP contribution in [0.4, 0.5) is 0 Å². The van der Waals surface area contributed by atoms with Gasteiger partial charge in [-0.05, 0) is 39.3 Å². The summed E-state index contributed by atoms with van der Waals surface area (Å²) in [6, 6.07) is 0.718. The van der Waals surface area contributed by atoms with Crippen LogP contribution in [0.25, 0.3) is 0 Å². The molecule has 2 rings (SSSR count). The molecule has 2 heterocycles. The van der Waals surface area contributed by atoms with Crippen LogP contribution in [0, 0.1) is 5.92 Å². The summed E-state index contributed by atoms with van der Waals surface area (Å²) in [5.41, 5.74) is 6.33. The van der Waals surface area contributed by atoms with E-state index in [1.807, 2.05) is 0 Å². The molecule has 3 nitrogen and oxygen atoms in total. The zero-order valence-corrected chi connectivity index (χ0v) is 10.4. The first-order valence-electron chi connectivity index (χ1n) is 6.23. The average molecular weight is 211 g/mol. The summed E-state index contributed by atoms with van der Waals surface area (Å²) in [5, 5.41) is 0. The van der Waals surface area contributed by atoms with Crippen LogP contribution in [-0.4, -0.2) is 54.6 Å². The lowest BCUT2D eigenvalue weighted by Gasteiger charge is -2.40. The van der Waals surface area contributed by atoms with Crippen molar-refractivity contribution in [1.82, 2.24) is 9.80 Å². The van der Waals surface area contributed by atoms with Gasteiger partial charge in [0.2, 0.25) is 0 Å². The summed E-state index contributed by atoms with van der Waals surface area (Å²) >= 11 is 0. The van der Waals surface area contributed by atoms with Crippen LogP contribution < -0.4 is 5.73 Å². The lowest BCUT2D eigenvalue weighted by Crippen LogP contribution is -2.56. The summed E-state index contributed by atoms with van der Waals surface area (Å²) in [7, 11) is 2.21. The number of nitrogens with zero attached hydrogens (tertiary/aromatic N) is 2. The van der Waals surface area contributed by atoms with E-state index in [0.717, 1.165) is 25.0 Å². The third-order valence-corrected chi connectivity index (χ3v) is 4.30. The highest BCUT2D eigenvalue weighted by molar-refractivity contribution is 5.03. The average Bonchev–Trinajstić information content (AvgIpc) is 2.71. The summed E-state index contributed by atoms with van der Waals surface area (Å²) in [4.78, 5) is 5.10. The standard InChI is InChI=1S/C12H25N3/c1-10-6-11(2)15(7-10)12(8-13)4-5-14(3)9-12/h10-11H,4-9,13H2,1-3H3. The van der Waals surface area contributed by atoms with Gasteiger partial charge in [-0.3, -0.25) is 4.90 Å². The Morgan fingerprint density at radius 2 is 2.13 bits per heavy atom. The monoisotopic (exact) mass is 211 g/mol. The normalized spacial score (nSPS) is 44.0. The van der Waals surface area contributed by atoms with Crippen molar-refractivity contribution in [3.63, 3.8) is 0 Å². The highest BCUT2D eigenvalue weighted by atomic mass is 15.3. The third kappa shape index (κ3) is 1.93. The topological polar surface area (TPSA) is 32.5 Å². The minimum atomic E-state index is 0.277. The smallest absolute Gasteiger partial charge is 0.0473 e. The van der Waals surface area contributed by atoms with Crippen LogP contribution >= 0.6 is 0 Å². The second-order valence-corrected chi connectivity index (χ2v) is 5.76. The van der Waals surface area contributed by atoms with Crippen molar-refractivity contribution in [3.8, 4) is 0 Å². The van der Waals surface area contributed by atoms with E-state index in [4.69, 9.17) is 5.73 Å². The Morgan fingerprint density at radius 1 is 1.40 bits per heavy atom.